The fraction of sp³-hybridized carbons (Fsp3) is 0.519. The summed E-state index contributed by atoms with van der Waals surface area (Å²) in [6.07, 6.45) is 5.54. The Balaban J connectivity index is 1.96. The van der Waals surface area contributed by atoms with Crippen LogP contribution in [0.5, 0.6) is 5.75 Å². The molecule has 1 aliphatic carbocycles. The van der Waals surface area contributed by atoms with Crippen molar-refractivity contribution in [2.24, 2.45) is 5.92 Å². The fourth-order valence-electron chi connectivity index (χ4n) is 4.38. The highest BCUT2D eigenvalue weighted by atomic mass is 32.2. The van der Waals surface area contributed by atoms with Crippen LogP contribution in [0.15, 0.2) is 36.4 Å². The van der Waals surface area contributed by atoms with Gasteiger partial charge in [-0.1, -0.05) is 49.4 Å². The molecule has 2 aromatic carbocycles. The van der Waals surface area contributed by atoms with Crippen LogP contribution >= 0.6 is 11.9 Å². The standard InChI is InChI=1S/C27H37NO4S/c1-18-23(28-33-17-19-9-7-6-8-10-19)16-15-22(20-11-13-21(31-5)14-12-20)24(18)25(26(29)30)32-27(2,3)4/h11-16,19,25,28H,6-10,17H2,1-5H3,(H,29,30). The number of methoxy groups -OCH3 is 1. The molecule has 0 spiro atoms. The molecule has 0 radical (unpaired) electrons. The largest absolute Gasteiger partial charge is 0.497 e. The van der Waals surface area contributed by atoms with Crippen molar-refractivity contribution < 1.29 is 19.4 Å². The van der Waals surface area contributed by atoms with E-state index in [0.29, 0.717) is 5.56 Å². The van der Waals surface area contributed by atoms with Crippen molar-refractivity contribution in [1.82, 2.24) is 0 Å². The summed E-state index contributed by atoms with van der Waals surface area (Å²) in [5.41, 5.74) is 3.70. The third-order valence-corrected chi connectivity index (χ3v) is 7.10. The molecule has 1 unspecified atom stereocenters. The van der Waals surface area contributed by atoms with Gasteiger partial charge >= 0.3 is 5.97 Å². The molecular formula is C27H37NO4S. The minimum Gasteiger partial charge on any atom is -0.497 e. The van der Waals surface area contributed by atoms with Crippen LogP contribution in [-0.2, 0) is 9.53 Å². The van der Waals surface area contributed by atoms with Crippen LogP contribution in [0.25, 0.3) is 11.1 Å². The van der Waals surface area contributed by atoms with E-state index in [1.54, 1.807) is 19.1 Å². The Morgan fingerprint density at radius 1 is 1.12 bits per heavy atom. The Morgan fingerprint density at radius 3 is 2.36 bits per heavy atom. The van der Waals surface area contributed by atoms with E-state index < -0.39 is 17.7 Å². The fourth-order valence-corrected chi connectivity index (χ4v) is 5.41. The van der Waals surface area contributed by atoms with Crippen molar-refractivity contribution in [2.75, 3.05) is 17.6 Å². The second kappa shape index (κ2) is 11.3. The Kier molecular flexibility index (Phi) is 8.71. The molecule has 6 heteroatoms. The number of nitrogens with one attached hydrogen (secondary N) is 1. The third kappa shape index (κ3) is 6.90. The number of ether oxygens (including phenoxy) is 2. The highest BCUT2D eigenvalue weighted by molar-refractivity contribution is 8.00. The molecule has 0 heterocycles. The summed E-state index contributed by atoms with van der Waals surface area (Å²) in [5.74, 6) is 1.59. The van der Waals surface area contributed by atoms with E-state index in [1.165, 1.54) is 32.1 Å². The first-order chi connectivity index (χ1) is 15.7. The first-order valence-corrected chi connectivity index (χ1v) is 12.7. The van der Waals surface area contributed by atoms with Crippen LogP contribution in [0.2, 0.25) is 0 Å². The van der Waals surface area contributed by atoms with E-state index in [2.05, 4.69) is 4.72 Å². The lowest BCUT2D eigenvalue weighted by atomic mass is 9.91. The maximum absolute atomic E-state index is 12.4. The summed E-state index contributed by atoms with van der Waals surface area (Å²) < 4.78 is 14.9. The molecule has 180 valence electrons. The quantitative estimate of drug-likeness (QED) is 0.375. The molecule has 0 saturated heterocycles. The number of anilines is 1. The molecule has 0 amide bonds. The Bertz CT molecular complexity index is 930. The zero-order valence-electron chi connectivity index (χ0n) is 20.4. The highest BCUT2D eigenvalue weighted by Gasteiger charge is 2.31. The van der Waals surface area contributed by atoms with Crippen LogP contribution in [0.3, 0.4) is 0 Å². The first kappa shape index (κ1) is 25.4. The number of carboxylic acid groups (broad SMARTS) is 1. The maximum atomic E-state index is 12.4. The van der Waals surface area contributed by atoms with Gasteiger partial charge in [0.15, 0.2) is 6.10 Å². The Hall–Kier alpha value is -2.18. The number of hydrogen-bond donors (Lipinski definition) is 2. The average Bonchev–Trinajstić information content (AvgIpc) is 2.79. The average molecular weight is 472 g/mol. The topological polar surface area (TPSA) is 67.8 Å². The number of carboxylic acids is 1. The van der Waals surface area contributed by atoms with Crippen LogP contribution in [0.4, 0.5) is 5.69 Å². The predicted molar refractivity (Wildman–Crippen MR) is 137 cm³/mol. The second-order valence-corrected chi connectivity index (χ2v) is 10.6. The molecular weight excluding hydrogens is 434 g/mol. The lowest BCUT2D eigenvalue weighted by Crippen LogP contribution is -2.28. The van der Waals surface area contributed by atoms with Gasteiger partial charge in [0.2, 0.25) is 0 Å². The maximum Gasteiger partial charge on any atom is 0.337 e. The van der Waals surface area contributed by atoms with E-state index in [0.717, 1.165) is 39.8 Å². The molecule has 1 aliphatic rings. The second-order valence-electron chi connectivity index (χ2n) is 9.79. The minimum atomic E-state index is -1.08. The summed E-state index contributed by atoms with van der Waals surface area (Å²) in [6.45, 7) is 7.63. The number of carbonyl (C=O) groups is 1. The van der Waals surface area contributed by atoms with E-state index in [-0.39, 0.29) is 0 Å². The van der Waals surface area contributed by atoms with Gasteiger partial charge in [0.1, 0.15) is 5.75 Å². The smallest absolute Gasteiger partial charge is 0.337 e. The van der Waals surface area contributed by atoms with Crippen molar-refractivity contribution in [3.05, 3.63) is 47.5 Å². The van der Waals surface area contributed by atoms with Gasteiger partial charge in [-0.2, -0.15) is 0 Å². The molecule has 5 nitrogen and oxygen atoms in total. The zero-order chi connectivity index (χ0) is 24.0. The summed E-state index contributed by atoms with van der Waals surface area (Å²) in [6, 6.07) is 11.7. The monoisotopic (exact) mass is 471 g/mol. The lowest BCUT2D eigenvalue weighted by Gasteiger charge is -2.29. The zero-order valence-corrected chi connectivity index (χ0v) is 21.3. The normalized spacial score (nSPS) is 15.8. The summed E-state index contributed by atoms with van der Waals surface area (Å²) in [4.78, 5) is 12.4. The molecule has 33 heavy (non-hydrogen) atoms. The van der Waals surface area contributed by atoms with Crippen LogP contribution in [0, 0.1) is 12.8 Å². The third-order valence-electron chi connectivity index (χ3n) is 6.10. The van der Waals surface area contributed by atoms with Gasteiger partial charge in [-0.3, -0.25) is 0 Å². The minimum absolute atomic E-state index is 0.605. The molecule has 0 bridgehead atoms. The van der Waals surface area contributed by atoms with Crippen LogP contribution in [-0.4, -0.2) is 29.5 Å². The van der Waals surface area contributed by atoms with Crippen molar-refractivity contribution in [3.8, 4) is 16.9 Å². The van der Waals surface area contributed by atoms with Crippen LogP contribution < -0.4 is 9.46 Å². The number of rotatable bonds is 9. The predicted octanol–water partition coefficient (Wildman–Crippen LogP) is 7.25. The number of hydrogen-bond acceptors (Lipinski definition) is 5. The van der Waals surface area contributed by atoms with Crippen LogP contribution in [0.1, 0.15) is 70.1 Å². The summed E-state index contributed by atoms with van der Waals surface area (Å²) in [5, 5.41) is 10.1. The molecule has 2 N–H and O–H groups in total. The molecule has 0 aromatic heterocycles. The van der Waals surface area contributed by atoms with E-state index in [4.69, 9.17) is 9.47 Å². The molecule has 3 rings (SSSR count). The molecule has 2 aromatic rings. The molecule has 1 atom stereocenters. The van der Waals surface area contributed by atoms with Crippen molar-refractivity contribution in [1.29, 1.82) is 0 Å². The van der Waals surface area contributed by atoms with Gasteiger partial charge in [-0.25, -0.2) is 4.79 Å². The Labute approximate surface area is 202 Å². The first-order valence-electron chi connectivity index (χ1n) is 11.8. The number of benzene rings is 2. The lowest BCUT2D eigenvalue weighted by molar-refractivity contribution is -0.160. The summed E-state index contributed by atoms with van der Waals surface area (Å²) in [7, 11) is 1.63. The van der Waals surface area contributed by atoms with Gasteiger partial charge in [-0.15, -0.1) is 0 Å². The number of aliphatic carboxylic acids is 1. The van der Waals surface area contributed by atoms with Gasteiger partial charge in [0.05, 0.1) is 12.7 Å². The van der Waals surface area contributed by atoms with E-state index in [9.17, 15) is 9.90 Å². The van der Waals surface area contributed by atoms with Gasteiger partial charge in [0, 0.05) is 17.0 Å². The van der Waals surface area contributed by atoms with Crippen molar-refractivity contribution in [2.45, 2.75) is 71.5 Å². The van der Waals surface area contributed by atoms with Gasteiger partial charge in [-0.05, 0) is 81.3 Å². The molecule has 1 saturated carbocycles. The van der Waals surface area contributed by atoms with Gasteiger partial charge in [0.25, 0.3) is 0 Å². The highest BCUT2D eigenvalue weighted by Crippen LogP contribution is 2.39. The molecule has 0 aliphatic heterocycles. The summed E-state index contributed by atoms with van der Waals surface area (Å²) >= 11 is 1.72. The SMILES string of the molecule is COc1ccc(-c2ccc(NSCC3CCCCC3)c(C)c2C(OC(C)(C)C)C(=O)O)cc1. The van der Waals surface area contributed by atoms with Crippen molar-refractivity contribution >= 4 is 23.6 Å². The van der Waals surface area contributed by atoms with Crippen molar-refractivity contribution in [3.63, 3.8) is 0 Å². The van der Waals surface area contributed by atoms with E-state index >= 15 is 0 Å². The Morgan fingerprint density at radius 2 is 1.79 bits per heavy atom. The van der Waals surface area contributed by atoms with E-state index in [1.807, 2.05) is 64.1 Å². The van der Waals surface area contributed by atoms with Gasteiger partial charge < -0.3 is 19.3 Å². The molecule has 1 fully saturated rings.